The van der Waals surface area contributed by atoms with Gasteiger partial charge in [0.05, 0.1) is 16.1 Å². The zero-order valence-electron chi connectivity index (χ0n) is 14.3. The van der Waals surface area contributed by atoms with Gasteiger partial charge in [0.15, 0.2) is 6.61 Å². The maximum Gasteiger partial charge on any atom is 0.262 e. The highest BCUT2D eigenvalue weighted by molar-refractivity contribution is 6.35. The van der Waals surface area contributed by atoms with Gasteiger partial charge in [-0.05, 0) is 49.2 Å². The van der Waals surface area contributed by atoms with Crippen molar-refractivity contribution in [3.63, 3.8) is 0 Å². The van der Waals surface area contributed by atoms with E-state index in [1.54, 1.807) is 24.3 Å². The number of carbonyl (C=O) groups excluding carboxylic acids is 1. The minimum absolute atomic E-state index is 0.0213. The van der Waals surface area contributed by atoms with Crippen LogP contribution >= 0.6 is 23.2 Å². The van der Waals surface area contributed by atoms with Gasteiger partial charge < -0.3 is 19.8 Å². The van der Waals surface area contributed by atoms with Crippen LogP contribution in [0.25, 0.3) is 11.0 Å². The van der Waals surface area contributed by atoms with Crippen LogP contribution in [0.15, 0.2) is 36.4 Å². The van der Waals surface area contributed by atoms with Crippen molar-refractivity contribution in [3.05, 3.63) is 52.3 Å². The van der Waals surface area contributed by atoms with Crippen molar-refractivity contribution in [2.75, 3.05) is 18.5 Å². The number of aromatic nitrogens is 2. The van der Waals surface area contributed by atoms with Gasteiger partial charge in [-0.2, -0.15) is 0 Å². The summed E-state index contributed by atoms with van der Waals surface area (Å²) in [4.78, 5) is 20.0. The highest BCUT2D eigenvalue weighted by Gasteiger charge is 2.21. The lowest BCUT2D eigenvalue weighted by molar-refractivity contribution is -0.118. The van der Waals surface area contributed by atoms with E-state index in [9.17, 15) is 4.79 Å². The number of anilines is 1. The summed E-state index contributed by atoms with van der Waals surface area (Å²) < 4.78 is 11.1. The molecule has 4 rings (SSSR count). The fraction of sp³-hybridized carbons (Fsp3) is 0.263. The van der Waals surface area contributed by atoms with Crippen molar-refractivity contribution in [3.8, 4) is 5.75 Å². The van der Waals surface area contributed by atoms with Gasteiger partial charge in [-0.25, -0.2) is 4.98 Å². The number of nitrogens with one attached hydrogen (secondary N) is 2. The van der Waals surface area contributed by atoms with Crippen molar-refractivity contribution < 1.29 is 14.3 Å². The highest BCUT2D eigenvalue weighted by atomic mass is 35.5. The molecule has 0 spiro atoms. The summed E-state index contributed by atoms with van der Waals surface area (Å²) in [5.41, 5.74) is 2.34. The topological polar surface area (TPSA) is 76.2 Å². The number of ether oxygens (including phenoxy) is 2. The molecule has 0 aliphatic carbocycles. The SMILES string of the molecule is O=C(COc1ccc(Cl)cc1Cl)Nc1ccc2nc(C3CCCO3)[nH]c2c1. The average Bonchev–Trinajstić information content (AvgIpc) is 3.30. The molecule has 2 heterocycles. The number of benzene rings is 2. The Balaban J connectivity index is 1.40. The van der Waals surface area contributed by atoms with Gasteiger partial charge in [0.25, 0.3) is 5.91 Å². The Morgan fingerprint density at radius 1 is 1.30 bits per heavy atom. The van der Waals surface area contributed by atoms with Crippen molar-refractivity contribution in [1.82, 2.24) is 9.97 Å². The van der Waals surface area contributed by atoms with E-state index >= 15 is 0 Å². The third-order valence-electron chi connectivity index (χ3n) is 4.27. The van der Waals surface area contributed by atoms with Crippen molar-refractivity contribution >= 4 is 45.8 Å². The molecule has 2 aromatic carbocycles. The van der Waals surface area contributed by atoms with E-state index in [0.29, 0.717) is 21.5 Å². The molecule has 3 aromatic rings. The van der Waals surface area contributed by atoms with E-state index in [1.165, 1.54) is 0 Å². The van der Waals surface area contributed by atoms with Gasteiger partial charge in [-0.3, -0.25) is 4.79 Å². The third-order valence-corrected chi connectivity index (χ3v) is 4.80. The number of amides is 1. The zero-order chi connectivity index (χ0) is 18.8. The highest BCUT2D eigenvalue weighted by Crippen LogP contribution is 2.29. The van der Waals surface area contributed by atoms with Gasteiger partial charge in [0.1, 0.15) is 17.7 Å². The molecule has 8 heteroatoms. The maximum absolute atomic E-state index is 12.2. The Hall–Kier alpha value is -2.28. The summed E-state index contributed by atoms with van der Waals surface area (Å²) in [6.07, 6.45) is 2.03. The van der Waals surface area contributed by atoms with Crippen molar-refractivity contribution in [2.24, 2.45) is 0 Å². The molecule has 1 aliphatic heterocycles. The number of carbonyl (C=O) groups is 1. The third kappa shape index (κ3) is 4.18. The first kappa shape index (κ1) is 18.1. The molecule has 27 heavy (non-hydrogen) atoms. The van der Waals surface area contributed by atoms with Gasteiger partial charge in [-0.1, -0.05) is 23.2 Å². The maximum atomic E-state index is 12.2. The van der Waals surface area contributed by atoms with Crippen LogP contribution in [-0.2, 0) is 9.53 Å². The molecule has 1 unspecified atom stereocenters. The number of halogens is 2. The average molecular weight is 406 g/mol. The number of imidazole rings is 1. The molecule has 2 N–H and O–H groups in total. The summed E-state index contributed by atoms with van der Waals surface area (Å²) in [5, 5.41) is 3.67. The molecule has 1 aromatic heterocycles. The van der Waals surface area contributed by atoms with Crippen LogP contribution < -0.4 is 10.1 Å². The second-order valence-corrected chi connectivity index (χ2v) is 7.11. The second-order valence-electron chi connectivity index (χ2n) is 6.27. The molecule has 1 amide bonds. The van der Waals surface area contributed by atoms with Crippen LogP contribution in [0.4, 0.5) is 5.69 Å². The second kappa shape index (κ2) is 7.76. The number of aromatic amines is 1. The number of hydrogen-bond donors (Lipinski definition) is 2. The van der Waals surface area contributed by atoms with Crippen LogP contribution in [-0.4, -0.2) is 29.1 Å². The summed E-state index contributed by atoms with van der Waals surface area (Å²) in [7, 11) is 0. The summed E-state index contributed by atoms with van der Waals surface area (Å²) >= 11 is 11.9. The lowest BCUT2D eigenvalue weighted by Gasteiger charge is -2.09. The number of fused-ring (bicyclic) bond motifs is 1. The fourth-order valence-corrected chi connectivity index (χ4v) is 3.45. The van der Waals surface area contributed by atoms with E-state index in [-0.39, 0.29) is 18.6 Å². The molecule has 0 saturated carbocycles. The molecule has 1 fully saturated rings. The van der Waals surface area contributed by atoms with Gasteiger partial charge in [-0.15, -0.1) is 0 Å². The first-order chi connectivity index (χ1) is 13.1. The molecule has 0 radical (unpaired) electrons. The van der Waals surface area contributed by atoms with E-state index < -0.39 is 0 Å². The normalized spacial score (nSPS) is 16.6. The molecular formula is C19H17Cl2N3O3. The van der Waals surface area contributed by atoms with Gasteiger partial charge >= 0.3 is 0 Å². The van der Waals surface area contributed by atoms with Crippen LogP contribution in [0.3, 0.4) is 0 Å². The standard InChI is InChI=1S/C19H17Cl2N3O3/c20-11-3-6-16(13(21)8-11)27-10-18(25)22-12-4-5-14-15(9-12)24-19(23-14)17-2-1-7-26-17/h3-6,8-9,17H,1-2,7,10H2,(H,22,25)(H,23,24). The minimum Gasteiger partial charge on any atom is -0.482 e. The van der Waals surface area contributed by atoms with Gasteiger partial charge in [0, 0.05) is 17.3 Å². The first-order valence-electron chi connectivity index (χ1n) is 8.57. The Morgan fingerprint density at radius 3 is 2.96 bits per heavy atom. The van der Waals surface area contributed by atoms with E-state index in [1.807, 2.05) is 12.1 Å². The Kier molecular flexibility index (Phi) is 5.20. The monoisotopic (exact) mass is 405 g/mol. The quantitative estimate of drug-likeness (QED) is 0.642. The van der Waals surface area contributed by atoms with E-state index in [2.05, 4.69) is 15.3 Å². The predicted molar refractivity (Wildman–Crippen MR) is 105 cm³/mol. The number of rotatable bonds is 5. The molecular weight excluding hydrogens is 389 g/mol. The fourth-order valence-electron chi connectivity index (χ4n) is 2.99. The van der Waals surface area contributed by atoms with Crippen molar-refractivity contribution in [1.29, 1.82) is 0 Å². The van der Waals surface area contributed by atoms with Crippen LogP contribution in [0, 0.1) is 0 Å². The van der Waals surface area contributed by atoms with Crippen LogP contribution in [0.1, 0.15) is 24.8 Å². The number of H-pyrrole nitrogens is 1. The van der Waals surface area contributed by atoms with E-state index in [4.69, 9.17) is 32.7 Å². The van der Waals surface area contributed by atoms with Crippen LogP contribution in [0.2, 0.25) is 10.0 Å². The summed E-state index contributed by atoms with van der Waals surface area (Å²) in [6, 6.07) is 10.3. The number of hydrogen-bond acceptors (Lipinski definition) is 4. The Bertz CT molecular complexity index is 983. The molecule has 1 atom stereocenters. The predicted octanol–water partition coefficient (Wildman–Crippen LogP) is 4.74. The smallest absolute Gasteiger partial charge is 0.262 e. The van der Waals surface area contributed by atoms with Crippen LogP contribution in [0.5, 0.6) is 5.75 Å². The minimum atomic E-state index is -0.292. The number of nitrogens with zero attached hydrogens (tertiary/aromatic N) is 1. The Morgan fingerprint density at radius 2 is 2.19 bits per heavy atom. The molecule has 0 bridgehead atoms. The molecule has 1 saturated heterocycles. The summed E-state index contributed by atoms with van der Waals surface area (Å²) in [5.74, 6) is 0.937. The lowest BCUT2D eigenvalue weighted by Crippen LogP contribution is -2.20. The van der Waals surface area contributed by atoms with Crippen molar-refractivity contribution in [2.45, 2.75) is 18.9 Å². The zero-order valence-corrected chi connectivity index (χ0v) is 15.8. The molecule has 140 valence electrons. The lowest BCUT2D eigenvalue weighted by atomic mass is 10.2. The largest absolute Gasteiger partial charge is 0.482 e. The molecule has 6 nitrogen and oxygen atoms in total. The summed E-state index contributed by atoms with van der Waals surface area (Å²) in [6.45, 7) is 0.601. The Labute approximate surface area is 165 Å². The first-order valence-corrected chi connectivity index (χ1v) is 9.33. The van der Waals surface area contributed by atoms with Gasteiger partial charge in [0.2, 0.25) is 0 Å². The molecule has 1 aliphatic rings. The van der Waals surface area contributed by atoms with E-state index in [0.717, 1.165) is 36.3 Å².